The third kappa shape index (κ3) is 3.75. The van der Waals surface area contributed by atoms with Crippen molar-refractivity contribution in [3.8, 4) is 0 Å². The minimum absolute atomic E-state index is 0.0231. The van der Waals surface area contributed by atoms with E-state index < -0.39 is 0 Å². The van der Waals surface area contributed by atoms with Crippen LogP contribution in [0, 0.1) is 0 Å². The first-order valence-corrected chi connectivity index (χ1v) is 6.39. The lowest BCUT2D eigenvalue weighted by Gasteiger charge is -2.15. The van der Waals surface area contributed by atoms with Crippen molar-refractivity contribution in [1.29, 1.82) is 0 Å². The predicted octanol–water partition coefficient (Wildman–Crippen LogP) is 1.80. The molecule has 17 heavy (non-hydrogen) atoms. The summed E-state index contributed by atoms with van der Waals surface area (Å²) < 4.78 is 0. The summed E-state index contributed by atoms with van der Waals surface area (Å²) in [6, 6.07) is 8.03. The standard InChI is InChI=1S/C13H18N2OS/c1-15(11-5-6-11)8-7-14-13(16)10-3-2-4-12(17)9-10/h2-4,9,11,17H,5-8H2,1H3,(H,14,16). The summed E-state index contributed by atoms with van der Waals surface area (Å²) in [6.45, 7) is 1.61. The lowest BCUT2D eigenvalue weighted by molar-refractivity contribution is 0.0949. The van der Waals surface area contributed by atoms with Crippen LogP contribution in [0.4, 0.5) is 0 Å². The van der Waals surface area contributed by atoms with E-state index in [1.165, 1.54) is 12.8 Å². The fourth-order valence-electron chi connectivity index (χ4n) is 1.79. The zero-order chi connectivity index (χ0) is 12.3. The third-order valence-electron chi connectivity index (χ3n) is 3.03. The summed E-state index contributed by atoms with van der Waals surface area (Å²) in [5, 5.41) is 2.93. The van der Waals surface area contributed by atoms with Crippen LogP contribution in [-0.2, 0) is 0 Å². The van der Waals surface area contributed by atoms with Crippen LogP contribution >= 0.6 is 12.6 Å². The van der Waals surface area contributed by atoms with Crippen molar-refractivity contribution < 1.29 is 4.79 Å². The fourth-order valence-corrected chi connectivity index (χ4v) is 2.02. The van der Waals surface area contributed by atoms with E-state index in [4.69, 9.17) is 0 Å². The Bertz CT molecular complexity index is 404. The molecule has 0 radical (unpaired) electrons. The molecule has 1 aliphatic carbocycles. The maximum absolute atomic E-state index is 11.8. The lowest BCUT2D eigenvalue weighted by Crippen LogP contribution is -2.33. The maximum Gasteiger partial charge on any atom is 0.251 e. The zero-order valence-electron chi connectivity index (χ0n) is 10.0. The first-order chi connectivity index (χ1) is 8.16. The quantitative estimate of drug-likeness (QED) is 0.781. The number of thiol groups is 1. The van der Waals surface area contributed by atoms with Gasteiger partial charge in [0.15, 0.2) is 0 Å². The second-order valence-corrected chi connectivity index (χ2v) is 5.03. The SMILES string of the molecule is CN(CCNC(=O)c1cccc(S)c1)C1CC1. The van der Waals surface area contributed by atoms with Gasteiger partial charge in [0.1, 0.15) is 0 Å². The van der Waals surface area contributed by atoms with Crippen LogP contribution in [0.25, 0.3) is 0 Å². The normalized spacial score (nSPS) is 15.0. The topological polar surface area (TPSA) is 32.3 Å². The van der Waals surface area contributed by atoms with Gasteiger partial charge < -0.3 is 10.2 Å². The molecular formula is C13H18N2OS. The highest BCUT2D eigenvalue weighted by molar-refractivity contribution is 7.80. The van der Waals surface area contributed by atoms with Gasteiger partial charge >= 0.3 is 0 Å². The van der Waals surface area contributed by atoms with Crippen LogP contribution in [0.5, 0.6) is 0 Å². The molecule has 1 saturated carbocycles. The molecule has 3 nitrogen and oxygen atoms in total. The van der Waals surface area contributed by atoms with Gasteiger partial charge in [-0.15, -0.1) is 12.6 Å². The highest BCUT2D eigenvalue weighted by atomic mass is 32.1. The van der Waals surface area contributed by atoms with Gasteiger partial charge in [0.2, 0.25) is 0 Å². The second-order valence-electron chi connectivity index (χ2n) is 4.52. The average Bonchev–Trinajstić information content (AvgIpc) is 3.12. The monoisotopic (exact) mass is 250 g/mol. The summed E-state index contributed by atoms with van der Waals surface area (Å²) >= 11 is 4.22. The van der Waals surface area contributed by atoms with Gasteiger partial charge in [-0.3, -0.25) is 4.79 Å². The molecule has 1 aromatic rings. The summed E-state index contributed by atoms with van der Waals surface area (Å²) in [7, 11) is 2.11. The van der Waals surface area contributed by atoms with Crippen molar-refractivity contribution in [3.63, 3.8) is 0 Å². The Balaban J connectivity index is 1.76. The molecule has 0 saturated heterocycles. The Morgan fingerprint density at radius 3 is 2.94 bits per heavy atom. The van der Waals surface area contributed by atoms with Crippen molar-refractivity contribution >= 4 is 18.5 Å². The fraction of sp³-hybridized carbons (Fsp3) is 0.462. The number of hydrogen-bond donors (Lipinski definition) is 2. The van der Waals surface area contributed by atoms with Crippen LogP contribution < -0.4 is 5.32 Å². The molecule has 1 aliphatic rings. The molecule has 1 aromatic carbocycles. The first-order valence-electron chi connectivity index (χ1n) is 5.94. The van der Waals surface area contributed by atoms with Crippen LogP contribution in [0.2, 0.25) is 0 Å². The minimum Gasteiger partial charge on any atom is -0.351 e. The number of nitrogens with zero attached hydrogens (tertiary/aromatic N) is 1. The van der Waals surface area contributed by atoms with Gasteiger partial charge in [0.25, 0.3) is 5.91 Å². The number of carbonyl (C=O) groups excluding carboxylic acids is 1. The molecular weight excluding hydrogens is 232 g/mol. The van der Waals surface area contributed by atoms with E-state index in [0.29, 0.717) is 12.1 Å². The number of benzene rings is 1. The van der Waals surface area contributed by atoms with Crippen LogP contribution in [-0.4, -0.2) is 37.0 Å². The largest absolute Gasteiger partial charge is 0.351 e. The van der Waals surface area contributed by atoms with Crippen molar-refractivity contribution in [2.45, 2.75) is 23.8 Å². The number of amides is 1. The Morgan fingerprint density at radius 1 is 1.53 bits per heavy atom. The highest BCUT2D eigenvalue weighted by Gasteiger charge is 2.25. The van der Waals surface area contributed by atoms with Gasteiger partial charge in [-0.05, 0) is 38.1 Å². The molecule has 0 aliphatic heterocycles. The molecule has 0 spiro atoms. The van der Waals surface area contributed by atoms with Crippen molar-refractivity contribution in [1.82, 2.24) is 10.2 Å². The number of nitrogens with one attached hydrogen (secondary N) is 1. The van der Waals surface area contributed by atoms with Gasteiger partial charge in [-0.1, -0.05) is 6.07 Å². The van der Waals surface area contributed by atoms with Crippen molar-refractivity contribution in [3.05, 3.63) is 29.8 Å². The van der Waals surface area contributed by atoms with E-state index in [2.05, 4.69) is 29.9 Å². The molecule has 1 fully saturated rings. The Morgan fingerprint density at radius 2 is 2.29 bits per heavy atom. The molecule has 0 unspecified atom stereocenters. The van der Waals surface area contributed by atoms with Crippen molar-refractivity contribution in [2.75, 3.05) is 20.1 Å². The van der Waals surface area contributed by atoms with Gasteiger partial charge in [0.05, 0.1) is 0 Å². The van der Waals surface area contributed by atoms with E-state index >= 15 is 0 Å². The van der Waals surface area contributed by atoms with Crippen LogP contribution in [0.15, 0.2) is 29.2 Å². The van der Waals surface area contributed by atoms with E-state index in [1.807, 2.05) is 12.1 Å². The summed E-state index contributed by atoms with van der Waals surface area (Å²) in [5.74, 6) is -0.0231. The lowest BCUT2D eigenvalue weighted by atomic mass is 10.2. The molecule has 0 heterocycles. The molecule has 0 aromatic heterocycles. The Labute approximate surface area is 108 Å². The minimum atomic E-state index is -0.0231. The Hall–Kier alpha value is -1.00. The Kier molecular flexibility index (Phi) is 4.07. The van der Waals surface area contributed by atoms with E-state index in [1.54, 1.807) is 12.1 Å². The molecule has 0 atom stereocenters. The number of carbonyl (C=O) groups is 1. The maximum atomic E-state index is 11.8. The molecule has 2 rings (SSSR count). The van der Waals surface area contributed by atoms with Crippen molar-refractivity contribution in [2.24, 2.45) is 0 Å². The molecule has 4 heteroatoms. The van der Waals surface area contributed by atoms with E-state index in [-0.39, 0.29) is 5.91 Å². The number of likely N-dealkylation sites (N-methyl/N-ethyl adjacent to an activating group) is 1. The summed E-state index contributed by atoms with van der Waals surface area (Å²) in [5.41, 5.74) is 0.673. The third-order valence-corrected chi connectivity index (χ3v) is 3.31. The van der Waals surface area contributed by atoms with Crippen LogP contribution in [0.1, 0.15) is 23.2 Å². The molecule has 1 amide bonds. The summed E-state index contributed by atoms with van der Waals surface area (Å²) in [6.07, 6.45) is 2.60. The van der Waals surface area contributed by atoms with E-state index in [0.717, 1.165) is 17.5 Å². The van der Waals surface area contributed by atoms with E-state index in [9.17, 15) is 4.79 Å². The molecule has 1 N–H and O–H groups in total. The zero-order valence-corrected chi connectivity index (χ0v) is 10.9. The van der Waals surface area contributed by atoms with Gasteiger partial charge in [0, 0.05) is 29.6 Å². The van der Waals surface area contributed by atoms with Gasteiger partial charge in [-0.25, -0.2) is 0 Å². The first kappa shape index (κ1) is 12.5. The van der Waals surface area contributed by atoms with Crippen LogP contribution in [0.3, 0.4) is 0 Å². The molecule has 0 bridgehead atoms. The average molecular weight is 250 g/mol. The summed E-state index contributed by atoms with van der Waals surface area (Å²) in [4.78, 5) is 14.9. The smallest absolute Gasteiger partial charge is 0.251 e. The predicted molar refractivity (Wildman–Crippen MR) is 71.7 cm³/mol. The number of rotatable bonds is 5. The number of hydrogen-bond acceptors (Lipinski definition) is 3. The highest BCUT2D eigenvalue weighted by Crippen LogP contribution is 2.24. The second kappa shape index (κ2) is 5.56. The molecule has 92 valence electrons. The van der Waals surface area contributed by atoms with Gasteiger partial charge in [-0.2, -0.15) is 0 Å².